The maximum Gasteiger partial charge on any atom is 0.0882 e. The Kier molecular flexibility index (Phi) is 2.89. The number of benzene rings is 1. The lowest BCUT2D eigenvalue weighted by molar-refractivity contribution is 0.190. The van der Waals surface area contributed by atoms with Gasteiger partial charge in [0.15, 0.2) is 0 Å². The molecule has 2 heteroatoms. The van der Waals surface area contributed by atoms with Crippen molar-refractivity contribution >= 4 is 6.08 Å². The maximum absolute atomic E-state index is 3.77. The fourth-order valence-corrected chi connectivity index (χ4v) is 2.21. The molecular weight excluding hydrogens is 184 g/mol. The molecule has 0 N–H and O–H groups in total. The SMILES string of the molecule is C=Cc1ccc(C2N(C)CCN2C)cc1. The smallest absolute Gasteiger partial charge is 0.0882 e. The first-order valence-corrected chi connectivity index (χ1v) is 5.35. The van der Waals surface area contributed by atoms with Crippen molar-refractivity contribution in [1.82, 2.24) is 9.80 Å². The minimum absolute atomic E-state index is 0.434. The van der Waals surface area contributed by atoms with Gasteiger partial charge in [0.25, 0.3) is 0 Å². The first-order chi connectivity index (χ1) is 7.22. The summed E-state index contributed by atoms with van der Waals surface area (Å²) in [6, 6.07) is 8.64. The summed E-state index contributed by atoms with van der Waals surface area (Å²) in [4.78, 5) is 4.76. The van der Waals surface area contributed by atoms with E-state index in [1.807, 2.05) is 6.08 Å². The van der Waals surface area contributed by atoms with Crippen molar-refractivity contribution in [3.8, 4) is 0 Å². The van der Waals surface area contributed by atoms with E-state index in [0.29, 0.717) is 6.17 Å². The molecule has 1 aliphatic rings. The zero-order valence-corrected chi connectivity index (χ0v) is 9.48. The summed E-state index contributed by atoms with van der Waals surface area (Å²) in [5, 5.41) is 0. The van der Waals surface area contributed by atoms with Crippen molar-refractivity contribution in [2.75, 3.05) is 27.2 Å². The number of rotatable bonds is 2. The van der Waals surface area contributed by atoms with Crippen LogP contribution >= 0.6 is 0 Å². The molecule has 0 unspecified atom stereocenters. The minimum Gasteiger partial charge on any atom is -0.286 e. The summed E-state index contributed by atoms with van der Waals surface area (Å²) in [5.74, 6) is 0. The van der Waals surface area contributed by atoms with E-state index in [1.54, 1.807) is 0 Å². The second-order valence-electron chi connectivity index (χ2n) is 4.21. The molecule has 80 valence electrons. The molecule has 0 aliphatic carbocycles. The summed E-state index contributed by atoms with van der Waals surface area (Å²) in [5.41, 5.74) is 2.55. The van der Waals surface area contributed by atoms with Crippen molar-refractivity contribution in [1.29, 1.82) is 0 Å². The van der Waals surface area contributed by atoms with E-state index in [0.717, 1.165) is 13.1 Å². The first kappa shape index (κ1) is 10.4. The molecule has 1 aromatic carbocycles. The number of nitrogens with zero attached hydrogens (tertiary/aromatic N) is 2. The van der Waals surface area contributed by atoms with E-state index in [-0.39, 0.29) is 0 Å². The highest BCUT2D eigenvalue weighted by molar-refractivity contribution is 5.47. The van der Waals surface area contributed by atoms with Gasteiger partial charge in [0.2, 0.25) is 0 Å². The predicted molar refractivity (Wildman–Crippen MR) is 64.5 cm³/mol. The Labute approximate surface area is 91.8 Å². The average molecular weight is 202 g/mol. The Morgan fingerprint density at radius 3 is 2.13 bits per heavy atom. The van der Waals surface area contributed by atoms with Crippen molar-refractivity contribution in [3.63, 3.8) is 0 Å². The normalized spacial score (nSPS) is 19.6. The second kappa shape index (κ2) is 4.17. The van der Waals surface area contributed by atoms with E-state index in [2.05, 4.69) is 54.7 Å². The maximum atomic E-state index is 3.77. The molecule has 1 heterocycles. The summed E-state index contributed by atoms with van der Waals surface area (Å²) in [6.45, 7) is 6.05. The average Bonchev–Trinajstić information content (AvgIpc) is 2.59. The van der Waals surface area contributed by atoms with E-state index >= 15 is 0 Å². The van der Waals surface area contributed by atoms with E-state index in [4.69, 9.17) is 0 Å². The summed E-state index contributed by atoms with van der Waals surface area (Å²) in [7, 11) is 4.35. The topological polar surface area (TPSA) is 6.48 Å². The van der Waals surface area contributed by atoms with Crippen LogP contribution in [-0.4, -0.2) is 37.0 Å². The number of likely N-dealkylation sites (N-methyl/N-ethyl adjacent to an activating group) is 2. The van der Waals surface area contributed by atoms with Crippen LogP contribution in [0.2, 0.25) is 0 Å². The number of hydrogen-bond acceptors (Lipinski definition) is 2. The molecule has 2 rings (SSSR count). The Bertz CT molecular complexity index is 332. The molecule has 0 aromatic heterocycles. The van der Waals surface area contributed by atoms with Crippen molar-refractivity contribution in [3.05, 3.63) is 42.0 Å². The van der Waals surface area contributed by atoms with Gasteiger partial charge in [0, 0.05) is 13.1 Å². The van der Waals surface area contributed by atoms with Gasteiger partial charge in [-0.25, -0.2) is 0 Å². The Morgan fingerprint density at radius 2 is 1.67 bits per heavy atom. The van der Waals surface area contributed by atoms with Crippen LogP contribution < -0.4 is 0 Å². The Morgan fingerprint density at radius 1 is 1.13 bits per heavy atom. The molecular formula is C13H18N2. The highest BCUT2D eigenvalue weighted by Crippen LogP contribution is 2.26. The molecule has 0 radical (unpaired) electrons. The molecule has 1 aromatic rings. The van der Waals surface area contributed by atoms with Gasteiger partial charge in [0.1, 0.15) is 0 Å². The standard InChI is InChI=1S/C13H18N2/c1-4-11-5-7-12(8-6-11)13-14(2)9-10-15(13)3/h4-8,13H,1,9-10H2,2-3H3. The molecule has 0 bridgehead atoms. The third-order valence-electron chi connectivity index (χ3n) is 3.11. The molecule has 1 aliphatic heterocycles. The van der Waals surface area contributed by atoms with Gasteiger partial charge >= 0.3 is 0 Å². The van der Waals surface area contributed by atoms with E-state index in [1.165, 1.54) is 11.1 Å². The second-order valence-corrected chi connectivity index (χ2v) is 4.21. The van der Waals surface area contributed by atoms with Crippen LogP contribution in [0.15, 0.2) is 30.8 Å². The van der Waals surface area contributed by atoms with Gasteiger partial charge in [-0.15, -0.1) is 0 Å². The zero-order valence-electron chi connectivity index (χ0n) is 9.48. The number of hydrogen-bond donors (Lipinski definition) is 0. The van der Waals surface area contributed by atoms with Crippen LogP contribution in [0.25, 0.3) is 6.08 Å². The lowest BCUT2D eigenvalue weighted by Gasteiger charge is -2.25. The van der Waals surface area contributed by atoms with E-state index in [9.17, 15) is 0 Å². The lowest BCUT2D eigenvalue weighted by Crippen LogP contribution is -2.25. The summed E-state index contributed by atoms with van der Waals surface area (Å²) < 4.78 is 0. The lowest BCUT2D eigenvalue weighted by atomic mass is 10.1. The van der Waals surface area contributed by atoms with Crippen molar-refractivity contribution < 1.29 is 0 Å². The first-order valence-electron chi connectivity index (χ1n) is 5.35. The third kappa shape index (κ3) is 1.96. The highest BCUT2D eigenvalue weighted by Gasteiger charge is 2.27. The Balaban J connectivity index is 2.24. The highest BCUT2D eigenvalue weighted by atomic mass is 15.4. The van der Waals surface area contributed by atoms with Gasteiger partial charge in [-0.3, -0.25) is 9.80 Å². The van der Waals surface area contributed by atoms with Crippen LogP contribution in [0, 0.1) is 0 Å². The largest absolute Gasteiger partial charge is 0.286 e. The van der Waals surface area contributed by atoms with E-state index < -0.39 is 0 Å². The van der Waals surface area contributed by atoms with Crippen molar-refractivity contribution in [2.24, 2.45) is 0 Å². The van der Waals surface area contributed by atoms with Gasteiger partial charge in [-0.05, 0) is 25.2 Å². The van der Waals surface area contributed by atoms with Gasteiger partial charge in [-0.2, -0.15) is 0 Å². The fourth-order valence-electron chi connectivity index (χ4n) is 2.21. The molecule has 1 fully saturated rings. The Hall–Kier alpha value is -1.12. The van der Waals surface area contributed by atoms with Gasteiger partial charge in [-0.1, -0.05) is 36.9 Å². The fraction of sp³-hybridized carbons (Fsp3) is 0.385. The minimum atomic E-state index is 0.434. The molecule has 0 atom stereocenters. The molecule has 2 nitrogen and oxygen atoms in total. The van der Waals surface area contributed by atoms with Gasteiger partial charge < -0.3 is 0 Å². The van der Waals surface area contributed by atoms with Crippen LogP contribution in [0.3, 0.4) is 0 Å². The zero-order chi connectivity index (χ0) is 10.8. The van der Waals surface area contributed by atoms with Crippen molar-refractivity contribution in [2.45, 2.75) is 6.17 Å². The van der Waals surface area contributed by atoms with Gasteiger partial charge in [0.05, 0.1) is 6.17 Å². The quantitative estimate of drug-likeness (QED) is 0.725. The molecule has 15 heavy (non-hydrogen) atoms. The summed E-state index contributed by atoms with van der Waals surface area (Å²) in [6.07, 6.45) is 2.31. The molecule has 0 amide bonds. The van der Waals surface area contributed by atoms with Crippen LogP contribution in [0.5, 0.6) is 0 Å². The van der Waals surface area contributed by atoms with Crippen LogP contribution in [-0.2, 0) is 0 Å². The monoisotopic (exact) mass is 202 g/mol. The third-order valence-corrected chi connectivity index (χ3v) is 3.11. The van der Waals surface area contributed by atoms with Crippen LogP contribution in [0.1, 0.15) is 17.3 Å². The molecule has 0 saturated carbocycles. The predicted octanol–water partition coefficient (Wildman–Crippen LogP) is 2.21. The molecule has 1 saturated heterocycles. The summed E-state index contributed by atoms with van der Waals surface area (Å²) >= 11 is 0. The van der Waals surface area contributed by atoms with Crippen LogP contribution in [0.4, 0.5) is 0 Å². The molecule has 0 spiro atoms.